The van der Waals surface area contributed by atoms with E-state index in [2.05, 4.69) is 15.4 Å². The standard InChI is InChI=1S/C28H27ClF3N5O4S/c1-27(2,3)41-26(40)36-13-20(22(38)14-36)34-25-35-24(39)23(42-25)9-15-4-7-21-17(8-15)11-33-37(21)12-16-5-6-18(29)10-19(16)28(30,31)32/h4-11,20,22,38H,12-14H2,1-3H3,(H,34,35,39). The van der Waals surface area contributed by atoms with Gasteiger partial charge in [-0.3, -0.25) is 14.5 Å². The Morgan fingerprint density at radius 1 is 1.24 bits per heavy atom. The highest BCUT2D eigenvalue weighted by Gasteiger charge is 2.37. The van der Waals surface area contributed by atoms with Crippen molar-refractivity contribution in [3.8, 4) is 0 Å². The zero-order valence-electron chi connectivity index (χ0n) is 22.8. The third kappa shape index (κ3) is 6.74. The molecule has 3 heterocycles. The number of alkyl halides is 3. The minimum atomic E-state index is -4.56. The van der Waals surface area contributed by atoms with Crippen molar-refractivity contribution in [1.82, 2.24) is 20.0 Å². The molecule has 2 aliphatic heterocycles. The predicted octanol–water partition coefficient (Wildman–Crippen LogP) is 5.30. The average molecular weight is 622 g/mol. The third-order valence-corrected chi connectivity index (χ3v) is 7.66. The minimum Gasteiger partial charge on any atom is -0.444 e. The number of aliphatic imine (C=N–C) groups is 1. The fourth-order valence-electron chi connectivity index (χ4n) is 4.60. The summed E-state index contributed by atoms with van der Waals surface area (Å²) in [6.45, 7) is 5.38. The van der Waals surface area contributed by atoms with Crippen LogP contribution in [0.4, 0.5) is 18.0 Å². The summed E-state index contributed by atoms with van der Waals surface area (Å²) in [5.74, 6) is -0.367. The van der Waals surface area contributed by atoms with E-state index < -0.39 is 35.6 Å². The molecule has 2 fully saturated rings. The summed E-state index contributed by atoms with van der Waals surface area (Å²) in [4.78, 5) is 31.2. The fourth-order valence-corrected chi connectivity index (χ4v) is 5.65. The number of thioether (sulfide) groups is 1. The molecule has 2 atom stereocenters. The molecular formula is C28H27ClF3N5O4S. The SMILES string of the molecule is CC(C)(C)OC(=O)N1CC(O)C(N=C2NC(=O)C(=Cc3ccc4c(cnn4Cc4ccc(Cl)cc4C(F)(F)F)c3)S2)C1. The lowest BCUT2D eigenvalue weighted by Crippen LogP contribution is -2.36. The summed E-state index contributed by atoms with van der Waals surface area (Å²) in [5.41, 5.74) is -0.146. The van der Waals surface area contributed by atoms with Crippen LogP contribution in [-0.4, -0.2) is 67.8 Å². The van der Waals surface area contributed by atoms with E-state index in [4.69, 9.17) is 16.3 Å². The highest BCUT2D eigenvalue weighted by molar-refractivity contribution is 8.18. The Balaban J connectivity index is 1.30. The van der Waals surface area contributed by atoms with Crippen molar-refractivity contribution in [3.63, 3.8) is 0 Å². The fraction of sp³-hybridized carbons (Fsp3) is 0.357. The van der Waals surface area contributed by atoms with Gasteiger partial charge in [-0.05, 0) is 74.0 Å². The van der Waals surface area contributed by atoms with Gasteiger partial charge in [-0.2, -0.15) is 18.3 Å². The van der Waals surface area contributed by atoms with E-state index >= 15 is 0 Å². The van der Waals surface area contributed by atoms with Gasteiger partial charge in [0.1, 0.15) is 5.60 Å². The maximum atomic E-state index is 13.5. The van der Waals surface area contributed by atoms with E-state index in [9.17, 15) is 27.9 Å². The van der Waals surface area contributed by atoms with E-state index in [0.29, 0.717) is 26.5 Å². The lowest BCUT2D eigenvalue weighted by Gasteiger charge is -2.24. The van der Waals surface area contributed by atoms with Crippen molar-refractivity contribution in [2.45, 2.75) is 51.2 Å². The van der Waals surface area contributed by atoms with Gasteiger partial charge in [0.2, 0.25) is 0 Å². The first-order chi connectivity index (χ1) is 19.7. The molecule has 0 radical (unpaired) electrons. The zero-order chi connectivity index (χ0) is 30.4. The lowest BCUT2D eigenvalue weighted by molar-refractivity contribution is -0.138. The summed E-state index contributed by atoms with van der Waals surface area (Å²) < 4.78 is 47.5. The Morgan fingerprint density at radius 2 is 2.00 bits per heavy atom. The number of nitrogens with zero attached hydrogens (tertiary/aromatic N) is 4. The van der Waals surface area contributed by atoms with Crippen LogP contribution in [0, 0.1) is 0 Å². The number of β-amino-alcohol motifs (C(OH)–C–C–N with tert-alkyl or cyclic N) is 1. The number of aliphatic hydroxyl groups is 1. The summed E-state index contributed by atoms with van der Waals surface area (Å²) in [7, 11) is 0. The van der Waals surface area contributed by atoms with Crippen LogP contribution in [0.2, 0.25) is 5.02 Å². The Labute approximate surface area is 248 Å². The number of aliphatic hydroxyl groups excluding tert-OH is 1. The zero-order valence-corrected chi connectivity index (χ0v) is 24.3. The van der Waals surface area contributed by atoms with Gasteiger partial charge in [0, 0.05) is 17.0 Å². The van der Waals surface area contributed by atoms with Crippen molar-refractivity contribution < 1.29 is 32.6 Å². The minimum absolute atomic E-state index is 0.00158. The van der Waals surface area contributed by atoms with Crippen LogP contribution in [0.3, 0.4) is 0 Å². The number of carbonyl (C=O) groups is 2. The number of nitrogens with one attached hydrogen (secondary N) is 1. The van der Waals surface area contributed by atoms with Gasteiger partial charge in [0.05, 0.1) is 47.4 Å². The molecule has 42 heavy (non-hydrogen) atoms. The molecule has 3 aromatic rings. The Hall–Kier alpha value is -3.55. The van der Waals surface area contributed by atoms with Gasteiger partial charge >= 0.3 is 12.3 Å². The molecule has 0 saturated carbocycles. The summed E-state index contributed by atoms with van der Waals surface area (Å²) in [6, 6.07) is 8.27. The molecule has 2 unspecified atom stereocenters. The van der Waals surface area contributed by atoms with Crippen LogP contribution in [-0.2, 0) is 22.3 Å². The molecule has 2 amide bonds. The number of amidine groups is 1. The number of ether oxygens (including phenoxy) is 1. The van der Waals surface area contributed by atoms with Crippen LogP contribution in [0.1, 0.15) is 37.5 Å². The molecule has 2 saturated heterocycles. The Bertz CT molecular complexity index is 1610. The van der Waals surface area contributed by atoms with Gasteiger partial charge in [-0.25, -0.2) is 4.79 Å². The number of benzene rings is 2. The maximum Gasteiger partial charge on any atom is 0.416 e. The molecule has 0 aliphatic carbocycles. The van der Waals surface area contributed by atoms with Crippen LogP contribution >= 0.6 is 23.4 Å². The van der Waals surface area contributed by atoms with E-state index in [1.807, 2.05) is 0 Å². The number of hydrogen-bond acceptors (Lipinski definition) is 7. The molecule has 222 valence electrons. The topological polar surface area (TPSA) is 109 Å². The summed E-state index contributed by atoms with van der Waals surface area (Å²) in [5, 5.41) is 18.4. The Kier molecular flexibility index (Phi) is 8.03. The second-order valence-electron chi connectivity index (χ2n) is 10.9. The number of carbonyl (C=O) groups excluding carboxylic acids is 2. The van der Waals surface area contributed by atoms with Crippen molar-refractivity contribution in [2.75, 3.05) is 13.1 Å². The normalized spacial score (nSPS) is 21.5. The molecule has 0 spiro atoms. The molecule has 2 aliphatic rings. The number of amides is 2. The molecule has 2 aromatic carbocycles. The van der Waals surface area contributed by atoms with Gasteiger partial charge < -0.3 is 20.1 Å². The molecule has 5 rings (SSSR count). The monoisotopic (exact) mass is 621 g/mol. The van der Waals surface area contributed by atoms with Crippen LogP contribution < -0.4 is 5.32 Å². The highest BCUT2D eigenvalue weighted by Crippen LogP contribution is 2.35. The van der Waals surface area contributed by atoms with E-state index in [-0.39, 0.29) is 36.1 Å². The summed E-state index contributed by atoms with van der Waals surface area (Å²) >= 11 is 6.90. The van der Waals surface area contributed by atoms with Crippen molar-refractivity contribution >= 4 is 57.5 Å². The summed E-state index contributed by atoms with van der Waals surface area (Å²) in [6.07, 6.45) is -2.79. The maximum absolute atomic E-state index is 13.5. The van der Waals surface area contributed by atoms with Crippen LogP contribution in [0.5, 0.6) is 0 Å². The van der Waals surface area contributed by atoms with Gasteiger partial charge in [-0.1, -0.05) is 23.7 Å². The predicted molar refractivity (Wildman–Crippen MR) is 154 cm³/mol. The van der Waals surface area contributed by atoms with E-state index in [1.165, 1.54) is 21.7 Å². The largest absolute Gasteiger partial charge is 0.444 e. The molecule has 1 aromatic heterocycles. The van der Waals surface area contributed by atoms with E-state index in [1.54, 1.807) is 51.2 Å². The molecule has 2 N–H and O–H groups in total. The number of rotatable bonds is 4. The van der Waals surface area contributed by atoms with Crippen LogP contribution in [0.15, 0.2) is 52.5 Å². The number of aromatic nitrogens is 2. The van der Waals surface area contributed by atoms with Crippen LogP contribution in [0.25, 0.3) is 17.0 Å². The number of fused-ring (bicyclic) bond motifs is 1. The number of likely N-dealkylation sites (tertiary alicyclic amines) is 1. The molecular weight excluding hydrogens is 595 g/mol. The number of halogens is 4. The molecule has 14 heteroatoms. The van der Waals surface area contributed by atoms with Gasteiger partial charge in [0.15, 0.2) is 5.17 Å². The van der Waals surface area contributed by atoms with Crippen molar-refractivity contribution in [1.29, 1.82) is 0 Å². The quantitative estimate of drug-likeness (QED) is 0.383. The van der Waals surface area contributed by atoms with E-state index in [0.717, 1.165) is 17.8 Å². The average Bonchev–Trinajstić information content (AvgIpc) is 3.56. The second-order valence-corrected chi connectivity index (χ2v) is 12.4. The van der Waals surface area contributed by atoms with Gasteiger partial charge in [-0.15, -0.1) is 0 Å². The first-order valence-corrected chi connectivity index (χ1v) is 14.1. The lowest BCUT2D eigenvalue weighted by atomic mass is 10.1. The first kappa shape index (κ1) is 29.9. The highest BCUT2D eigenvalue weighted by atomic mass is 35.5. The van der Waals surface area contributed by atoms with Gasteiger partial charge in [0.25, 0.3) is 5.91 Å². The van der Waals surface area contributed by atoms with Crippen molar-refractivity contribution in [3.05, 3.63) is 69.2 Å². The molecule has 9 nitrogen and oxygen atoms in total. The third-order valence-electron chi connectivity index (χ3n) is 6.51. The Morgan fingerprint density at radius 3 is 2.71 bits per heavy atom. The molecule has 0 bridgehead atoms. The first-order valence-electron chi connectivity index (χ1n) is 12.9. The van der Waals surface area contributed by atoms with Crippen molar-refractivity contribution in [2.24, 2.45) is 4.99 Å². The smallest absolute Gasteiger partial charge is 0.416 e. The second kappa shape index (κ2) is 11.3. The number of hydrogen-bond donors (Lipinski definition) is 2.